The van der Waals surface area contributed by atoms with Crippen molar-refractivity contribution in [3.63, 3.8) is 0 Å². The van der Waals surface area contributed by atoms with Crippen LogP contribution in [0.15, 0.2) is 42.5 Å². The van der Waals surface area contributed by atoms with Crippen LogP contribution in [0.25, 0.3) is 10.8 Å². The van der Waals surface area contributed by atoms with E-state index in [0.29, 0.717) is 5.56 Å². The molecule has 6 nitrogen and oxygen atoms in total. The van der Waals surface area contributed by atoms with Crippen molar-refractivity contribution >= 4 is 28.9 Å². The number of halogens is 3. The van der Waals surface area contributed by atoms with Gasteiger partial charge in [0, 0.05) is 0 Å². The summed E-state index contributed by atoms with van der Waals surface area (Å²) in [5.74, 6) is -2.65. The quantitative estimate of drug-likeness (QED) is 0.383. The van der Waals surface area contributed by atoms with Gasteiger partial charge in [0.05, 0.1) is 18.1 Å². The number of alkyl halides is 3. The summed E-state index contributed by atoms with van der Waals surface area (Å²) in [6, 6.07) is 10.1. The maximum Gasteiger partial charge on any atom is 0.391 e. The van der Waals surface area contributed by atoms with Gasteiger partial charge in [-0.25, -0.2) is 5.06 Å². The Morgan fingerprint density at radius 2 is 1.71 bits per heavy atom. The highest BCUT2D eigenvalue weighted by Gasteiger charge is 2.42. The van der Waals surface area contributed by atoms with Gasteiger partial charge in [0.25, 0.3) is 5.91 Å². The number of nitrogens with zero attached hydrogens (tertiary/aromatic N) is 1. The Labute approximate surface area is 178 Å². The fourth-order valence-corrected chi connectivity index (χ4v) is 2.97. The summed E-state index contributed by atoms with van der Waals surface area (Å²) in [5, 5.41) is 4.56. The first-order valence-corrected chi connectivity index (χ1v) is 9.63. The molecule has 0 saturated heterocycles. The van der Waals surface area contributed by atoms with Crippen LogP contribution >= 0.6 is 0 Å². The van der Waals surface area contributed by atoms with Crippen LogP contribution in [-0.4, -0.2) is 41.0 Å². The van der Waals surface area contributed by atoms with Gasteiger partial charge in [0.1, 0.15) is 6.04 Å². The number of benzene rings is 2. The topological polar surface area (TPSA) is 75.7 Å². The molecule has 2 rings (SSSR count). The third-order valence-electron chi connectivity index (χ3n) is 4.36. The molecule has 0 spiro atoms. The lowest BCUT2D eigenvalue weighted by Gasteiger charge is -2.32. The molecule has 0 radical (unpaired) electrons. The largest absolute Gasteiger partial charge is 0.391 e. The van der Waals surface area contributed by atoms with Gasteiger partial charge in [-0.1, -0.05) is 36.4 Å². The molecular weight excluding hydrogens is 413 g/mol. The van der Waals surface area contributed by atoms with Crippen molar-refractivity contribution < 1.29 is 32.4 Å². The van der Waals surface area contributed by atoms with Crippen molar-refractivity contribution in [1.82, 2.24) is 10.4 Å². The Hall–Kier alpha value is -2.94. The van der Waals surface area contributed by atoms with Crippen LogP contribution in [0, 0.1) is 0 Å². The SMILES string of the molecule is CC(NC(=O)C(=O)C(CC(F)(F)F)N(C=O)OC(C)(C)C)c1ccc2ccccc2c1. The minimum absolute atomic E-state index is 0.0282. The monoisotopic (exact) mass is 438 g/mol. The lowest BCUT2D eigenvalue weighted by atomic mass is 10.0. The fourth-order valence-electron chi connectivity index (χ4n) is 2.97. The summed E-state index contributed by atoms with van der Waals surface area (Å²) in [6.45, 7) is 6.11. The number of fused-ring (bicyclic) bond motifs is 1. The van der Waals surface area contributed by atoms with Gasteiger partial charge in [-0.3, -0.25) is 19.2 Å². The van der Waals surface area contributed by atoms with Crippen LogP contribution in [0.3, 0.4) is 0 Å². The zero-order valence-corrected chi connectivity index (χ0v) is 17.7. The Morgan fingerprint density at radius 3 is 2.26 bits per heavy atom. The van der Waals surface area contributed by atoms with E-state index in [0.717, 1.165) is 10.8 Å². The number of rotatable bonds is 8. The van der Waals surface area contributed by atoms with E-state index in [1.807, 2.05) is 36.4 Å². The summed E-state index contributed by atoms with van der Waals surface area (Å²) < 4.78 is 39.2. The number of ketones is 1. The van der Waals surface area contributed by atoms with Crippen LogP contribution in [-0.2, 0) is 19.2 Å². The van der Waals surface area contributed by atoms with Gasteiger partial charge in [-0.05, 0) is 50.1 Å². The maximum atomic E-state index is 13.1. The molecule has 0 aliphatic heterocycles. The van der Waals surface area contributed by atoms with E-state index >= 15 is 0 Å². The molecule has 1 N–H and O–H groups in total. The van der Waals surface area contributed by atoms with E-state index in [1.165, 1.54) is 20.8 Å². The normalized spacial score (nSPS) is 14.0. The number of carbonyl (C=O) groups is 3. The molecule has 168 valence electrons. The number of Topliss-reactive ketones (excluding diaryl/α,β-unsaturated/α-hetero) is 1. The van der Waals surface area contributed by atoms with Crippen molar-refractivity contribution in [3.05, 3.63) is 48.0 Å². The number of hydrogen-bond donors (Lipinski definition) is 1. The van der Waals surface area contributed by atoms with Gasteiger partial charge in [0.15, 0.2) is 0 Å². The number of carbonyl (C=O) groups excluding carboxylic acids is 3. The van der Waals surface area contributed by atoms with Gasteiger partial charge in [-0.2, -0.15) is 13.2 Å². The zero-order valence-electron chi connectivity index (χ0n) is 17.7. The van der Waals surface area contributed by atoms with Crippen LogP contribution in [0.5, 0.6) is 0 Å². The minimum Gasteiger partial charge on any atom is -0.343 e. The van der Waals surface area contributed by atoms with Crippen molar-refractivity contribution in [3.8, 4) is 0 Å². The van der Waals surface area contributed by atoms with Crippen LogP contribution < -0.4 is 5.32 Å². The standard InChI is InChI=1S/C22H25F3N2O4/c1-14(16-10-9-15-7-5-6-8-17(15)11-16)26-20(30)19(29)18(12-22(23,24)25)27(13-28)31-21(2,3)4/h5-11,13-14,18H,12H2,1-4H3,(H,26,30). The molecule has 0 heterocycles. The van der Waals surface area contributed by atoms with Crippen molar-refractivity contribution in [2.75, 3.05) is 0 Å². The van der Waals surface area contributed by atoms with E-state index in [9.17, 15) is 27.6 Å². The lowest BCUT2D eigenvalue weighted by molar-refractivity contribution is -0.244. The molecule has 2 amide bonds. The summed E-state index contributed by atoms with van der Waals surface area (Å²) in [4.78, 5) is 41.6. The molecule has 0 aromatic heterocycles. The third kappa shape index (κ3) is 7.06. The molecule has 2 atom stereocenters. The van der Waals surface area contributed by atoms with Gasteiger partial charge in [0.2, 0.25) is 12.2 Å². The molecule has 0 fully saturated rings. The van der Waals surface area contributed by atoms with Crippen molar-refractivity contribution in [1.29, 1.82) is 0 Å². The summed E-state index contributed by atoms with van der Waals surface area (Å²) in [7, 11) is 0. The second kappa shape index (κ2) is 9.47. The smallest absolute Gasteiger partial charge is 0.343 e. The highest BCUT2D eigenvalue weighted by atomic mass is 19.4. The predicted molar refractivity (Wildman–Crippen MR) is 109 cm³/mol. The Kier molecular flexibility index (Phi) is 7.43. The predicted octanol–water partition coefficient (Wildman–Crippen LogP) is 4.10. The van der Waals surface area contributed by atoms with E-state index in [4.69, 9.17) is 4.84 Å². The first-order chi connectivity index (χ1) is 14.3. The Bertz CT molecular complexity index is 954. The summed E-state index contributed by atoms with van der Waals surface area (Å²) in [5.41, 5.74) is -0.384. The fraction of sp³-hybridized carbons (Fsp3) is 0.409. The molecule has 0 aliphatic rings. The van der Waals surface area contributed by atoms with Crippen LogP contribution in [0.2, 0.25) is 0 Å². The van der Waals surface area contributed by atoms with Crippen molar-refractivity contribution in [2.45, 2.75) is 58.0 Å². The third-order valence-corrected chi connectivity index (χ3v) is 4.36. The number of hydrogen-bond acceptors (Lipinski definition) is 4. The van der Waals surface area contributed by atoms with Gasteiger partial charge >= 0.3 is 6.18 Å². The highest BCUT2D eigenvalue weighted by molar-refractivity contribution is 6.38. The van der Waals surface area contributed by atoms with Crippen molar-refractivity contribution in [2.24, 2.45) is 0 Å². The van der Waals surface area contributed by atoms with E-state index in [2.05, 4.69) is 5.32 Å². The Balaban J connectivity index is 2.21. The number of amides is 2. The average Bonchev–Trinajstić information content (AvgIpc) is 2.68. The van der Waals surface area contributed by atoms with Crippen LogP contribution in [0.4, 0.5) is 13.2 Å². The summed E-state index contributed by atoms with van der Waals surface area (Å²) in [6.07, 6.45) is -6.54. The molecule has 2 unspecified atom stereocenters. The van der Waals surface area contributed by atoms with E-state index in [-0.39, 0.29) is 11.5 Å². The maximum absolute atomic E-state index is 13.1. The first kappa shape index (κ1) is 24.3. The molecule has 31 heavy (non-hydrogen) atoms. The second-order valence-corrected chi connectivity index (χ2v) is 8.17. The lowest BCUT2D eigenvalue weighted by Crippen LogP contribution is -2.51. The van der Waals surface area contributed by atoms with Gasteiger partial charge < -0.3 is 5.32 Å². The molecule has 9 heteroatoms. The molecule has 2 aromatic rings. The molecular formula is C22H25F3N2O4. The summed E-state index contributed by atoms with van der Waals surface area (Å²) >= 11 is 0. The van der Waals surface area contributed by atoms with Gasteiger partial charge in [-0.15, -0.1) is 0 Å². The second-order valence-electron chi connectivity index (χ2n) is 8.17. The molecule has 0 aliphatic carbocycles. The highest BCUT2D eigenvalue weighted by Crippen LogP contribution is 2.26. The van der Waals surface area contributed by atoms with E-state index < -0.39 is 42.0 Å². The number of hydroxylamine groups is 2. The average molecular weight is 438 g/mol. The minimum atomic E-state index is -4.80. The molecule has 0 saturated carbocycles. The van der Waals surface area contributed by atoms with Crippen LogP contribution in [0.1, 0.15) is 45.7 Å². The number of nitrogens with one attached hydrogen (secondary N) is 1. The first-order valence-electron chi connectivity index (χ1n) is 9.63. The zero-order chi connectivity index (χ0) is 23.4. The molecule has 0 bridgehead atoms. The molecule has 2 aromatic carbocycles. The Morgan fingerprint density at radius 1 is 1.10 bits per heavy atom. The van der Waals surface area contributed by atoms with E-state index in [1.54, 1.807) is 13.0 Å².